The van der Waals surface area contributed by atoms with Gasteiger partial charge in [0.25, 0.3) is 0 Å². The van der Waals surface area contributed by atoms with Gasteiger partial charge in [0, 0.05) is 5.56 Å². The summed E-state index contributed by atoms with van der Waals surface area (Å²) in [5.74, 6) is 0.696. The molecular formula is C10H7ClN4. The fourth-order valence-corrected chi connectivity index (χ4v) is 1.48. The average molecular weight is 219 g/mol. The molecule has 0 unspecified atom stereocenters. The van der Waals surface area contributed by atoms with Crippen LogP contribution in [0.15, 0.2) is 24.3 Å². The van der Waals surface area contributed by atoms with Crippen molar-refractivity contribution < 1.29 is 0 Å². The first-order valence-corrected chi connectivity index (χ1v) is 4.60. The Morgan fingerprint density at radius 2 is 2.13 bits per heavy atom. The van der Waals surface area contributed by atoms with Gasteiger partial charge in [-0.2, -0.15) is 5.26 Å². The Morgan fingerprint density at radius 3 is 2.73 bits per heavy atom. The molecule has 4 nitrogen and oxygen atoms in total. The number of aromatic nitrogens is 2. The molecule has 0 saturated heterocycles. The summed E-state index contributed by atoms with van der Waals surface area (Å²) < 4.78 is 0. The van der Waals surface area contributed by atoms with Crippen molar-refractivity contribution in [1.29, 1.82) is 5.26 Å². The molecule has 15 heavy (non-hydrogen) atoms. The number of nitrogen functional groups attached to an aromatic ring is 1. The van der Waals surface area contributed by atoms with Gasteiger partial charge in [0.2, 0.25) is 0 Å². The zero-order valence-electron chi connectivity index (χ0n) is 7.66. The van der Waals surface area contributed by atoms with E-state index >= 15 is 0 Å². The number of nitriles is 1. The Kier molecular flexibility index (Phi) is 2.32. The van der Waals surface area contributed by atoms with Crippen LogP contribution in [-0.4, -0.2) is 9.97 Å². The molecule has 74 valence electrons. The molecule has 1 aromatic heterocycles. The van der Waals surface area contributed by atoms with E-state index in [1.807, 2.05) is 24.3 Å². The summed E-state index contributed by atoms with van der Waals surface area (Å²) in [5.41, 5.74) is 6.51. The normalized spacial score (nSPS) is 9.87. The van der Waals surface area contributed by atoms with Gasteiger partial charge >= 0.3 is 0 Å². The number of nitrogens with two attached hydrogens (primary N) is 1. The number of hydrogen-bond donors (Lipinski definition) is 2. The Labute approximate surface area is 91.3 Å². The van der Waals surface area contributed by atoms with Gasteiger partial charge in [-0.15, -0.1) is 0 Å². The molecule has 0 atom stereocenters. The highest BCUT2D eigenvalue weighted by Crippen LogP contribution is 2.26. The Balaban J connectivity index is 2.56. The van der Waals surface area contributed by atoms with Crippen LogP contribution in [0.4, 0.5) is 5.82 Å². The number of anilines is 1. The van der Waals surface area contributed by atoms with Crippen molar-refractivity contribution in [1.82, 2.24) is 9.97 Å². The van der Waals surface area contributed by atoms with Crippen LogP contribution in [0.3, 0.4) is 0 Å². The SMILES string of the molecule is N#Cc1[nH]c(-c2ccccc2Cl)nc1N. The maximum Gasteiger partial charge on any atom is 0.161 e. The molecule has 1 aromatic carbocycles. The summed E-state index contributed by atoms with van der Waals surface area (Å²) in [6, 6.07) is 9.14. The number of hydrogen-bond acceptors (Lipinski definition) is 3. The number of benzene rings is 1. The van der Waals surface area contributed by atoms with Gasteiger partial charge in [0.05, 0.1) is 5.02 Å². The average Bonchev–Trinajstić information content (AvgIpc) is 2.60. The van der Waals surface area contributed by atoms with E-state index in [2.05, 4.69) is 9.97 Å². The quantitative estimate of drug-likeness (QED) is 0.770. The Bertz CT molecular complexity index is 539. The van der Waals surface area contributed by atoms with Crippen LogP contribution in [0.5, 0.6) is 0 Å². The Hall–Kier alpha value is -1.99. The molecule has 0 aliphatic carbocycles. The topological polar surface area (TPSA) is 78.5 Å². The lowest BCUT2D eigenvalue weighted by Gasteiger charge is -1.98. The molecule has 0 radical (unpaired) electrons. The zero-order chi connectivity index (χ0) is 10.8. The first-order valence-electron chi connectivity index (χ1n) is 4.23. The maximum absolute atomic E-state index is 8.71. The monoisotopic (exact) mass is 218 g/mol. The lowest BCUT2D eigenvalue weighted by Crippen LogP contribution is -1.87. The standard InChI is InChI=1S/C10H7ClN4/c11-7-4-2-1-3-6(7)10-14-8(5-12)9(13)15-10/h1-4H,13H2,(H,14,15). The summed E-state index contributed by atoms with van der Waals surface area (Å²) >= 11 is 5.98. The van der Waals surface area contributed by atoms with Gasteiger partial charge in [-0.05, 0) is 12.1 Å². The third-order valence-corrected chi connectivity index (χ3v) is 2.30. The molecule has 5 heteroatoms. The summed E-state index contributed by atoms with van der Waals surface area (Å²) in [5, 5.41) is 9.28. The van der Waals surface area contributed by atoms with Gasteiger partial charge in [0.1, 0.15) is 11.9 Å². The Morgan fingerprint density at radius 1 is 1.40 bits per heavy atom. The molecule has 3 N–H and O–H groups in total. The van der Waals surface area contributed by atoms with Crippen molar-refractivity contribution in [2.45, 2.75) is 0 Å². The molecule has 2 aromatic rings. The molecule has 0 saturated carbocycles. The smallest absolute Gasteiger partial charge is 0.161 e. The first-order chi connectivity index (χ1) is 7.22. The van der Waals surface area contributed by atoms with E-state index in [1.165, 1.54) is 0 Å². The molecule has 1 heterocycles. The van der Waals surface area contributed by atoms with Crippen LogP contribution in [-0.2, 0) is 0 Å². The van der Waals surface area contributed by atoms with Crippen molar-refractivity contribution in [3.05, 3.63) is 35.0 Å². The van der Waals surface area contributed by atoms with Crippen molar-refractivity contribution >= 4 is 17.4 Å². The van der Waals surface area contributed by atoms with E-state index in [1.54, 1.807) is 6.07 Å². The summed E-state index contributed by atoms with van der Waals surface area (Å²) in [7, 11) is 0. The number of imidazole rings is 1. The second-order valence-electron chi connectivity index (χ2n) is 2.94. The molecule has 0 bridgehead atoms. The van der Waals surface area contributed by atoms with E-state index < -0.39 is 0 Å². The fraction of sp³-hybridized carbons (Fsp3) is 0. The largest absolute Gasteiger partial charge is 0.381 e. The molecule has 2 rings (SSSR count). The van der Waals surface area contributed by atoms with Crippen LogP contribution >= 0.6 is 11.6 Å². The second-order valence-corrected chi connectivity index (χ2v) is 3.34. The minimum absolute atomic E-state index is 0.187. The van der Waals surface area contributed by atoms with Crippen molar-refractivity contribution in [2.75, 3.05) is 5.73 Å². The van der Waals surface area contributed by atoms with E-state index in [4.69, 9.17) is 22.6 Å². The minimum atomic E-state index is 0.187. The molecule has 0 amide bonds. The van der Waals surface area contributed by atoms with Crippen molar-refractivity contribution in [3.8, 4) is 17.5 Å². The second kappa shape index (κ2) is 3.64. The molecular weight excluding hydrogens is 212 g/mol. The maximum atomic E-state index is 8.71. The number of nitrogens with zero attached hydrogens (tertiary/aromatic N) is 2. The number of nitrogens with one attached hydrogen (secondary N) is 1. The highest BCUT2D eigenvalue weighted by atomic mass is 35.5. The highest BCUT2D eigenvalue weighted by molar-refractivity contribution is 6.33. The van der Waals surface area contributed by atoms with Crippen molar-refractivity contribution in [3.63, 3.8) is 0 Å². The fourth-order valence-electron chi connectivity index (χ4n) is 1.25. The van der Waals surface area contributed by atoms with Crippen LogP contribution in [0, 0.1) is 11.3 Å². The third-order valence-electron chi connectivity index (χ3n) is 1.97. The summed E-state index contributed by atoms with van der Waals surface area (Å²) in [6.45, 7) is 0. The van der Waals surface area contributed by atoms with Crippen LogP contribution in [0.2, 0.25) is 5.02 Å². The predicted molar refractivity (Wildman–Crippen MR) is 58.2 cm³/mol. The van der Waals surface area contributed by atoms with Gasteiger partial charge in [-0.25, -0.2) is 4.98 Å². The van der Waals surface area contributed by atoms with E-state index in [0.29, 0.717) is 10.8 Å². The van der Waals surface area contributed by atoms with Crippen LogP contribution < -0.4 is 5.73 Å². The predicted octanol–water partition coefficient (Wildman–Crippen LogP) is 2.18. The van der Waals surface area contributed by atoms with Crippen molar-refractivity contribution in [2.24, 2.45) is 0 Å². The van der Waals surface area contributed by atoms with Gasteiger partial charge < -0.3 is 10.7 Å². The zero-order valence-corrected chi connectivity index (χ0v) is 8.42. The van der Waals surface area contributed by atoms with Gasteiger partial charge in [0.15, 0.2) is 11.5 Å². The number of halogens is 1. The molecule has 0 fully saturated rings. The molecule has 0 aliphatic heterocycles. The van der Waals surface area contributed by atoms with Gasteiger partial charge in [-0.1, -0.05) is 23.7 Å². The lowest BCUT2D eigenvalue weighted by atomic mass is 10.2. The summed E-state index contributed by atoms with van der Waals surface area (Å²) in [6.07, 6.45) is 0. The number of aromatic amines is 1. The van der Waals surface area contributed by atoms with E-state index in [-0.39, 0.29) is 11.5 Å². The van der Waals surface area contributed by atoms with E-state index in [9.17, 15) is 0 Å². The van der Waals surface area contributed by atoms with Gasteiger partial charge in [-0.3, -0.25) is 0 Å². The van der Waals surface area contributed by atoms with Crippen LogP contribution in [0.25, 0.3) is 11.4 Å². The molecule has 0 aliphatic rings. The lowest BCUT2D eigenvalue weighted by molar-refractivity contribution is 1.29. The number of H-pyrrole nitrogens is 1. The number of rotatable bonds is 1. The van der Waals surface area contributed by atoms with Crippen LogP contribution in [0.1, 0.15) is 5.69 Å². The highest BCUT2D eigenvalue weighted by Gasteiger charge is 2.10. The minimum Gasteiger partial charge on any atom is -0.381 e. The van der Waals surface area contributed by atoms with E-state index in [0.717, 1.165) is 5.56 Å². The third kappa shape index (κ3) is 1.65. The first kappa shape index (κ1) is 9.56. The summed E-state index contributed by atoms with van der Waals surface area (Å²) in [4.78, 5) is 6.83. The molecule has 0 spiro atoms.